The molecule has 31 heavy (non-hydrogen) atoms. The molecule has 2 aliphatic rings. The summed E-state index contributed by atoms with van der Waals surface area (Å²) in [6.45, 7) is 4.19. The Morgan fingerprint density at radius 3 is 2.81 bits per heavy atom. The number of fused-ring (bicyclic) bond motifs is 2. The van der Waals surface area contributed by atoms with Crippen molar-refractivity contribution in [2.45, 2.75) is 32.6 Å². The first kappa shape index (κ1) is 18.7. The van der Waals surface area contributed by atoms with E-state index in [9.17, 15) is 4.79 Å². The maximum absolute atomic E-state index is 13.0. The second-order valence-corrected chi connectivity index (χ2v) is 9.60. The predicted octanol–water partition coefficient (Wildman–Crippen LogP) is 5.29. The summed E-state index contributed by atoms with van der Waals surface area (Å²) in [5, 5.41) is 6.40. The van der Waals surface area contributed by atoms with E-state index in [1.807, 2.05) is 37.4 Å². The number of hydrogen-bond acceptors (Lipinski definition) is 8. The molecule has 4 aromatic rings. The van der Waals surface area contributed by atoms with Crippen LogP contribution in [0.1, 0.15) is 45.5 Å². The quantitative estimate of drug-likeness (QED) is 0.455. The van der Waals surface area contributed by atoms with Gasteiger partial charge in [-0.05, 0) is 50.5 Å². The number of thiazole rings is 1. The molecule has 1 aromatic carbocycles. The number of benzene rings is 1. The molecule has 0 atom stereocenters. The molecule has 156 valence electrons. The highest BCUT2D eigenvalue weighted by atomic mass is 32.1. The van der Waals surface area contributed by atoms with Crippen molar-refractivity contribution in [1.82, 2.24) is 15.0 Å². The topological polar surface area (TPSA) is 86.2 Å². The summed E-state index contributed by atoms with van der Waals surface area (Å²) in [4.78, 5) is 28.6. The molecular formula is C22H18N4O3S2. The van der Waals surface area contributed by atoms with Gasteiger partial charge in [-0.2, -0.15) is 0 Å². The number of aryl methyl sites for hydroxylation is 2. The van der Waals surface area contributed by atoms with Gasteiger partial charge in [-0.1, -0.05) is 0 Å². The zero-order valence-corrected chi connectivity index (χ0v) is 18.5. The van der Waals surface area contributed by atoms with Crippen LogP contribution in [0, 0.1) is 13.8 Å². The van der Waals surface area contributed by atoms with Gasteiger partial charge in [0.1, 0.15) is 10.7 Å². The Hall–Kier alpha value is -3.04. The Morgan fingerprint density at radius 1 is 1.13 bits per heavy atom. The maximum Gasteiger partial charge on any atom is 0.267 e. The third kappa shape index (κ3) is 3.24. The van der Waals surface area contributed by atoms with Crippen molar-refractivity contribution in [1.29, 1.82) is 0 Å². The van der Waals surface area contributed by atoms with E-state index in [-0.39, 0.29) is 12.7 Å². The van der Waals surface area contributed by atoms with Crippen LogP contribution < -0.4 is 14.8 Å². The first-order valence-corrected chi connectivity index (χ1v) is 11.7. The molecule has 1 saturated carbocycles. The molecule has 4 heterocycles. The van der Waals surface area contributed by atoms with Crippen LogP contribution in [-0.2, 0) is 0 Å². The van der Waals surface area contributed by atoms with Crippen molar-refractivity contribution >= 4 is 43.9 Å². The minimum Gasteiger partial charge on any atom is -0.454 e. The monoisotopic (exact) mass is 450 g/mol. The summed E-state index contributed by atoms with van der Waals surface area (Å²) >= 11 is 2.82. The van der Waals surface area contributed by atoms with Crippen LogP contribution in [0.2, 0.25) is 0 Å². The fourth-order valence-electron chi connectivity index (χ4n) is 3.77. The van der Waals surface area contributed by atoms with Crippen LogP contribution in [0.3, 0.4) is 0 Å². The summed E-state index contributed by atoms with van der Waals surface area (Å²) in [6.07, 6.45) is 2.30. The number of aromatic nitrogens is 3. The Balaban J connectivity index is 1.27. The van der Waals surface area contributed by atoms with Crippen molar-refractivity contribution in [3.05, 3.63) is 45.5 Å². The van der Waals surface area contributed by atoms with Gasteiger partial charge >= 0.3 is 0 Å². The second-order valence-electron chi connectivity index (χ2n) is 7.74. The minimum atomic E-state index is -0.167. The first-order chi connectivity index (χ1) is 15.1. The van der Waals surface area contributed by atoms with Gasteiger partial charge < -0.3 is 9.47 Å². The Morgan fingerprint density at radius 2 is 1.97 bits per heavy atom. The number of thiophene rings is 1. The number of hydrogen-bond donors (Lipinski definition) is 1. The number of anilines is 1. The van der Waals surface area contributed by atoms with Crippen molar-refractivity contribution < 1.29 is 14.3 Å². The average Bonchev–Trinajstić information content (AvgIpc) is 3.16. The fraction of sp³-hybridized carbons (Fsp3) is 0.273. The molecule has 0 spiro atoms. The standard InChI is InChI=1S/C22H18N4O3S2/c1-10-17-11(2)23-19(12-3-4-12)25-21(17)31-18(10)20(27)26-22-24-14(8-30-22)13-5-6-15-16(7-13)29-9-28-15/h5-8,12H,3-4,9H2,1-2H3,(H,24,26,27). The van der Waals surface area contributed by atoms with Gasteiger partial charge in [0.25, 0.3) is 5.91 Å². The molecule has 1 amide bonds. The van der Waals surface area contributed by atoms with Gasteiger partial charge in [-0.25, -0.2) is 15.0 Å². The maximum atomic E-state index is 13.0. The molecule has 3 aromatic heterocycles. The van der Waals surface area contributed by atoms with Crippen LogP contribution in [-0.4, -0.2) is 27.7 Å². The minimum absolute atomic E-state index is 0.167. The number of carbonyl (C=O) groups excluding carboxylic acids is 1. The number of rotatable bonds is 4. The van der Waals surface area contributed by atoms with Gasteiger partial charge in [0.05, 0.1) is 16.3 Å². The van der Waals surface area contributed by atoms with Crippen LogP contribution in [0.15, 0.2) is 23.6 Å². The summed E-state index contributed by atoms with van der Waals surface area (Å²) in [5.74, 6) is 2.66. The van der Waals surface area contributed by atoms with E-state index in [2.05, 4.69) is 15.3 Å². The van der Waals surface area contributed by atoms with E-state index in [1.165, 1.54) is 22.7 Å². The smallest absolute Gasteiger partial charge is 0.267 e. The Kier molecular flexibility index (Phi) is 4.22. The lowest BCUT2D eigenvalue weighted by molar-refractivity contribution is 0.103. The number of ether oxygens (including phenoxy) is 2. The molecule has 0 radical (unpaired) electrons. The van der Waals surface area contributed by atoms with E-state index in [0.717, 1.165) is 57.1 Å². The van der Waals surface area contributed by atoms with Crippen LogP contribution in [0.4, 0.5) is 5.13 Å². The van der Waals surface area contributed by atoms with E-state index in [4.69, 9.17) is 14.5 Å². The highest BCUT2D eigenvalue weighted by Crippen LogP contribution is 2.41. The van der Waals surface area contributed by atoms with E-state index >= 15 is 0 Å². The molecule has 0 bridgehead atoms. The zero-order valence-electron chi connectivity index (χ0n) is 16.9. The van der Waals surface area contributed by atoms with E-state index < -0.39 is 0 Å². The summed E-state index contributed by atoms with van der Waals surface area (Å²) < 4.78 is 10.8. The molecule has 6 rings (SSSR count). The van der Waals surface area contributed by atoms with Crippen LogP contribution in [0.5, 0.6) is 11.5 Å². The van der Waals surface area contributed by atoms with Gasteiger partial charge in [0, 0.05) is 22.2 Å². The third-order valence-electron chi connectivity index (χ3n) is 5.53. The lowest BCUT2D eigenvalue weighted by Crippen LogP contribution is -2.11. The van der Waals surface area contributed by atoms with Crippen LogP contribution in [0.25, 0.3) is 21.5 Å². The summed E-state index contributed by atoms with van der Waals surface area (Å²) in [6, 6.07) is 5.70. The van der Waals surface area contributed by atoms with Crippen molar-refractivity contribution in [3.8, 4) is 22.8 Å². The molecule has 1 fully saturated rings. The van der Waals surface area contributed by atoms with Crippen LogP contribution >= 0.6 is 22.7 Å². The molecule has 7 nitrogen and oxygen atoms in total. The number of amides is 1. The highest BCUT2D eigenvalue weighted by molar-refractivity contribution is 7.21. The number of nitrogens with zero attached hydrogens (tertiary/aromatic N) is 3. The third-order valence-corrected chi connectivity index (χ3v) is 7.47. The van der Waals surface area contributed by atoms with Gasteiger partial charge in [0.2, 0.25) is 6.79 Å². The second kappa shape index (κ2) is 7.00. The molecular weight excluding hydrogens is 432 g/mol. The summed E-state index contributed by atoms with van der Waals surface area (Å²) in [5.41, 5.74) is 3.56. The molecule has 1 aliphatic heterocycles. The first-order valence-electron chi connectivity index (χ1n) is 10.0. The Labute approximate surface area is 186 Å². The molecule has 1 N–H and O–H groups in total. The largest absolute Gasteiger partial charge is 0.454 e. The highest BCUT2D eigenvalue weighted by Gasteiger charge is 2.28. The molecule has 0 saturated heterocycles. The van der Waals surface area contributed by atoms with Crippen molar-refractivity contribution in [3.63, 3.8) is 0 Å². The molecule has 1 aliphatic carbocycles. The number of carbonyl (C=O) groups is 1. The van der Waals surface area contributed by atoms with E-state index in [1.54, 1.807) is 0 Å². The lowest BCUT2D eigenvalue weighted by atomic mass is 10.1. The Bertz CT molecular complexity index is 1360. The molecule has 9 heteroatoms. The van der Waals surface area contributed by atoms with Gasteiger partial charge in [-0.15, -0.1) is 22.7 Å². The van der Waals surface area contributed by atoms with Crippen molar-refractivity contribution in [2.75, 3.05) is 12.1 Å². The predicted molar refractivity (Wildman–Crippen MR) is 120 cm³/mol. The van der Waals surface area contributed by atoms with Crippen molar-refractivity contribution in [2.24, 2.45) is 0 Å². The average molecular weight is 451 g/mol. The zero-order chi connectivity index (χ0) is 21.1. The lowest BCUT2D eigenvalue weighted by Gasteiger charge is -2.02. The molecule has 0 unspecified atom stereocenters. The van der Waals surface area contributed by atoms with Gasteiger partial charge in [0.15, 0.2) is 16.6 Å². The normalized spacial score (nSPS) is 14.9. The fourth-order valence-corrected chi connectivity index (χ4v) is 5.62. The number of nitrogens with one attached hydrogen (secondary N) is 1. The SMILES string of the molecule is Cc1nc(C2CC2)nc2sc(C(=O)Nc3nc(-c4ccc5c(c4)OCO5)cs3)c(C)c12. The van der Waals surface area contributed by atoms with Gasteiger partial charge in [-0.3, -0.25) is 10.1 Å². The summed E-state index contributed by atoms with van der Waals surface area (Å²) in [7, 11) is 0. The van der Waals surface area contributed by atoms with E-state index in [0.29, 0.717) is 21.7 Å².